The number of methoxy groups -OCH3 is 1. The summed E-state index contributed by atoms with van der Waals surface area (Å²) in [6.45, 7) is 6.31. The molecule has 2 aromatic heterocycles. The molecule has 1 atom stereocenters. The molecule has 0 spiro atoms. The first-order valence-corrected chi connectivity index (χ1v) is 11.9. The Bertz CT molecular complexity index is 1220. The Kier molecular flexibility index (Phi) is 7.09. The Balaban J connectivity index is 1.33. The molecule has 1 fully saturated rings. The van der Waals surface area contributed by atoms with Gasteiger partial charge in [-0.15, -0.1) is 5.10 Å². The number of hydrogen-bond donors (Lipinski definition) is 2. The molecule has 3 N–H and O–H groups in total. The fourth-order valence-corrected chi connectivity index (χ4v) is 4.72. The zero-order valence-corrected chi connectivity index (χ0v) is 20.8. The third-order valence-corrected chi connectivity index (χ3v) is 6.37. The molecular weight excluding hydrogens is 453 g/mol. The van der Waals surface area contributed by atoms with E-state index in [9.17, 15) is 14.3 Å². The Labute approximate surface area is 203 Å². The molecule has 0 saturated carbocycles. The Hall–Kier alpha value is -3.05. The van der Waals surface area contributed by atoms with Gasteiger partial charge in [0.15, 0.2) is 23.0 Å². The standard InChI is InChI=1S/C24H34FN7O3/c1-24(2,34)14-31-10-8-15(13-31)22(33)30(3)9-6-5-7-20-28-21-16-11-17(25)19(35-4)12-18(16)27-23(26)32(21)29-20/h11-12,15,34H,5-10,13-14H2,1-4H3,(H2,26,27)/t15-/m0/s1. The molecule has 1 aliphatic heterocycles. The third-order valence-electron chi connectivity index (χ3n) is 6.37. The molecule has 0 aliphatic carbocycles. The van der Waals surface area contributed by atoms with Gasteiger partial charge < -0.3 is 20.5 Å². The fraction of sp³-hybridized carbons (Fsp3) is 0.583. The van der Waals surface area contributed by atoms with Crippen molar-refractivity contribution >= 4 is 28.4 Å². The van der Waals surface area contributed by atoms with Crippen LogP contribution in [-0.2, 0) is 11.2 Å². The summed E-state index contributed by atoms with van der Waals surface area (Å²) in [5, 5.41) is 15.0. The average Bonchev–Trinajstić information content (AvgIpc) is 3.43. The lowest BCUT2D eigenvalue weighted by Gasteiger charge is -2.25. The number of anilines is 1. The first-order chi connectivity index (χ1) is 16.6. The first kappa shape index (κ1) is 25.1. The molecule has 35 heavy (non-hydrogen) atoms. The molecule has 1 saturated heterocycles. The van der Waals surface area contributed by atoms with E-state index in [0.717, 1.165) is 25.8 Å². The Morgan fingerprint density at radius 2 is 2.11 bits per heavy atom. The van der Waals surface area contributed by atoms with Gasteiger partial charge in [-0.05, 0) is 45.7 Å². The van der Waals surface area contributed by atoms with Crippen molar-refractivity contribution in [2.75, 3.05) is 46.1 Å². The number of ether oxygens (including phenoxy) is 1. The predicted octanol–water partition coefficient (Wildman–Crippen LogP) is 1.88. The number of β-amino-alcohol motifs (C(OH)–C–C–N with tert-alkyl or cyclic N) is 1. The zero-order valence-electron chi connectivity index (χ0n) is 20.8. The van der Waals surface area contributed by atoms with Gasteiger partial charge in [0.05, 0.1) is 24.1 Å². The molecule has 10 nitrogen and oxygen atoms in total. The molecule has 0 radical (unpaired) electrons. The summed E-state index contributed by atoms with van der Waals surface area (Å²) in [7, 11) is 3.23. The molecule has 4 rings (SSSR count). The number of aliphatic hydroxyl groups is 1. The summed E-state index contributed by atoms with van der Waals surface area (Å²) < 4.78 is 20.7. The lowest BCUT2D eigenvalue weighted by molar-refractivity contribution is -0.133. The second-order valence-electron chi connectivity index (χ2n) is 9.99. The van der Waals surface area contributed by atoms with E-state index < -0.39 is 11.4 Å². The minimum atomic E-state index is -0.760. The van der Waals surface area contributed by atoms with Crippen LogP contribution in [0.25, 0.3) is 16.6 Å². The number of likely N-dealkylation sites (tertiary alicyclic amines) is 1. The zero-order chi connectivity index (χ0) is 25.3. The number of fused-ring (bicyclic) bond motifs is 3. The number of nitrogen functional groups attached to an aromatic ring is 1. The van der Waals surface area contributed by atoms with Crippen LogP contribution in [0.1, 0.15) is 38.9 Å². The monoisotopic (exact) mass is 487 g/mol. The molecule has 0 bridgehead atoms. The number of nitrogens with zero attached hydrogens (tertiary/aromatic N) is 6. The number of nitrogens with two attached hydrogens (primary N) is 1. The van der Waals surface area contributed by atoms with Crippen LogP contribution in [0.2, 0.25) is 0 Å². The average molecular weight is 488 g/mol. The van der Waals surface area contributed by atoms with E-state index in [1.165, 1.54) is 23.8 Å². The molecule has 1 aromatic carbocycles. The van der Waals surface area contributed by atoms with Crippen molar-refractivity contribution in [1.29, 1.82) is 0 Å². The van der Waals surface area contributed by atoms with Gasteiger partial charge >= 0.3 is 0 Å². The lowest BCUT2D eigenvalue weighted by atomic mass is 10.1. The van der Waals surface area contributed by atoms with Gasteiger partial charge in [0.2, 0.25) is 11.9 Å². The van der Waals surface area contributed by atoms with E-state index in [1.807, 2.05) is 7.05 Å². The van der Waals surface area contributed by atoms with Crippen molar-refractivity contribution in [1.82, 2.24) is 29.4 Å². The van der Waals surface area contributed by atoms with E-state index in [0.29, 0.717) is 48.4 Å². The van der Waals surface area contributed by atoms with Crippen LogP contribution < -0.4 is 10.5 Å². The highest BCUT2D eigenvalue weighted by Gasteiger charge is 2.32. The predicted molar refractivity (Wildman–Crippen MR) is 131 cm³/mol. The van der Waals surface area contributed by atoms with Gasteiger partial charge in [-0.25, -0.2) is 14.4 Å². The fourth-order valence-electron chi connectivity index (χ4n) is 4.72. The highest BCUT2D eigenvalue weighted by Crippen LogP contribution is 2.27. The molecule has 11 heteroatoms. The molecule has 190 valence electrons. The summed E-state index contributed by atoms with van der Waals surface area (Å²) in [5.41, 5.74) is 6.23. The van der Waals surface area contributed by atoms with E-state index in [-0.39, 0.29) is 23.5 Å². The van der Waals surface area contributed by atoms with Crippen LogP contribution in [-0.4, -0.2) is 86.3 Å². The van der Waals surface area contributed by atoms with Crippen molar-refractivity contribution < 1.29 is 19.0 Å². The van der Waals surface area contributed by atoms with Crippen LogP contribution in [0.15, 0.2) is 12.1 Å². The molecule has 3 aromatic rings. The van der Waals surface area contributed by atoms with Crippen molar-refractivity contribution in [3.8, 4) is 5.75 Å². The maximum Gasteiger partial charge on any atom is 0.226 e. The number of rotatable bonds is 9. The smallest absolute Gasteiger partial charge is 0.226 e. The minimum absolute atomic E-state index is 0.0229. The summed E-state index contributed by atoms with van der Waals surface area (Å²) >= 11 is 0. The number of carbonyl (C=O) groups excluding carboxylic acids is 1. The Morgan fingerprint density at radius 3 is 2.83 bits per heavy atom. The third kappa shape index (κ3) is 5.62. The summed E-state index contributed by atoms with van der Waals surface area (Å²) in [6.07, 6.45) is 3.02. The van der Waals surface area contributed by atoms with E-state index in [4.69, 9.17) is 10.5 Å². The van der Waals surface area contributed by atoms with Crippen LogP contribution >= 0.6 is 0 Å². The molecule has 1 aliphatic rings. The van der Waals surface area contributed by atoms with E-state index >= 15 is 0 Å². The van der Waals surface area contributed by atoms with Crippen molar-refractivity contribution in [2.24, 2.45) is 5.92 Å². The van der Waals surface area contributed by atoms with Gasteiger partial charge in [-0.2, -0.15) is 4.52 Å². The van der Waals surface area contributed by atoms with Crippen molar-refractivity contribution in [3.05, 3.63) is 23.8 Å². The number of amides is 1. The number of halogens is 1. The van der Waals surface area contributed by atoms with Crippen molar-refractivity contribution in [2.45, 2.75) is 45.1 Å². The number of carbonyl (C=O) groups is 1. The maximum atomic E-state index is 14.3. The number of hydrogen-bond acceptors (Lipinski definition) is 8. The lowest BCUT2D eigenvalue weighted by Crippen LogP contribution is -2.39. The SMILES string of the molecule is COc1cc2nc(N)n3nc(CCCCN(C)C(=O)[C@H]4CCN(CC(C)(C)O)C4)nc3c2cc1F. The van der Waals surface area contributed by atoms with Crippen LogP contribution in [0.3, 0.4) is 0 Å². The molecule has 0 unspecified atom stereocenters. The number of benzene rings is 1. The van der Waals surface area contributed by atoms with Gasteiger partial charge in [-0.3, -0.25) is 9.69 Å². The summed E-state index contributed by atoms with van der Waals surface area (Å²) in [5.74, 6) is 0.475. The van der Waals surface area contributed by atoms with Gasteiger partial charge in [0.25, 0.3) is 0 Å². The largest absolute Gasteiger partial charge is 0.494 e. The minimum Gasteiger partial charge on any atom is -0.494 e. The quantitative estimate of drug-likeness (QED) is 0.439. The van der Waals surface area contributed by atoms with E-state index in [2.05, 4.69) is 20.0 Å². The topological polar surface area (TPSA) is 122 Å². The van der Waals surface area contributed by atoms with Crippen LogP contribution in [0.4, 0.5) is 10.3 Å². The maximum absolute atomic E-state index is 14.3. The molecular formula is C24H34FN7O3. The van der Waals surface area contributed by atoms with Gasteiger partial charge in [0.1, 0.15) is 0 Å². The second kappa shape index (κ2) is 9.90. The van der Waals surface area contributed by atoms with Crippen LogP contribution in [0.5, 0.6) is 5.75 Å². The number of aromatic nitrogens is 4. The number of aryl methyl sites for hydroxylation is 1. The summed E-state index contributed by atoms with van der Waals surface area (Å²) in [6, 6.07) is 2.83. The van der Waals surface area contributed by atoms with Gasteiger partial charge in [-0.1, -0.05) is 0 Å². The first-order valence-electron chi connectivity index (χ1n) is 11.9. The van der Waals surface area contributed by atoms with Crippen LogP contribution in [0, 0.1) is 11.7 Å². The summed E-state index contributed by atoms with van der Waals surface area (Å²) in [4.78, 5) is 25.6. The Morgan fingerprint density at radius 1 is 1.34 bits per heavy atom. The highest BCUT2D eigenvalue weighted by molar-refractivity contribution is 5.93. The number of unbranched alkanes of at least 4 members (excludes halogenated alkanes) is 1. The second-order valence-corrected chi connectivity index (χ2v) is 9.99. The highest BCUT2D eigenvalue weighted by atomic mass is 19.1. The van der Waals surface area contributed by atoms with Gasteiger partial charge in [0, 0.05) is 44.6 Å². The normalized spacial score (nSPS) is 16.9. The molecule has 3 heterocycles. The molecule has 1 amide bonds. The van der Waals surface area contributed by atoms with E-state index in [1.54, 1.807) is 18.7 Å². The van der Waals surface area contributed by atoms with Crippen molar-refractivity contribution in [3.63, 3.8) is 0 Å².